The number of hydrogen-bond acceptors (Lipinski definition) is 5. The molecule has 0 saturated carbocycles. The van der Waals surface area contributed by atoms with E-state index in [1.807, 2.05) is 24.3 Å². The Balaban J connectivity index is 1.75. The maximum atomic E-state index is 12.9. The Hall–Kier alpha value is -1.89. The number of hydrogen-bond donors (Lipinski definition) is 0. The Morgan fingerprint density at radius 3 is 2.59 bits per heavy atom. The highest BCUT2D eigenvalue weighted by molar-refractivity contribution is 8.00. The summed E-state index contributed by atoms with van der Waals surface area (Å²) < 4.78 is 10.6. The SMILES string of the molecule is CCOC(=O)c1cc(Cl)c(OCC(=O)N2CC[C@H](C)Sc3ccccc32)c(Cl)c1. The summed E-state index contributed by atoms with van der Waals surface area (Å²) in [5.41, 5.74) is 1.11. The lowest BCUT2D eigenvalue weighted by Crippen LogP contribution is -2.36. The first kappa shape index (κ1) is 21.8. The predicted octanol–water partition coefficient (Wildman–Crippen LogP) is 5.47. The standard InChI is InChI=1S/C21H21Cl2NO4S/c1-3-27-21(26)14-10-15(22)20(16(23)11-14)28-12-19(25)24-9-8-13(2)29-18-7-5-4-6-17(18)24/h4-7,10-11,13H,3,8-9,12H2,1-2H3/t13-/m0/s1. The second kappa shape index (κ2) is 9.74. The largest absolute Gasteiger partial charge is 0.481 e. The molecule has 1 atom stereocenters. The molecule has 0 unspecified atom stereocenters. The number of esters is 1. The summed E-state index contributed by atoms with van der Waals surface area (Å²) in [5.74, 6) is -0.541. The highest BCUT2D eigenvalue weighted by atomic mass is 35.5. The molecule has 154 valence electrons. The van der Waals surface area contributed by atoms with Gasteiger partial charge in [-0.1, -0.05) is 42.3 Å². The molecule has 1 aliphatic heterocycles. The number of ether oxygens (including phenoxy) is 2. The molecule has 0 radical (unpaired) electrons. The lowest BCUT2D eigenvalue weighted by molar-refractivity contribution is -0.120. The summed E-state index contributed by atoms with van der Waals surface area (Å²) in [6, 6.07) is 10.7. The molecule has 0 N–H and O–H groups in total. The molecule has 0 aliphatic carbocycles. The molecule has 2 aromatic rings. The van der Waals surface area contributed by atoms with Crippen LogP contribution in [0, 0.1) is 0 Å². The van der Waals surface area contributed by atoms with E-state index in [2.05, 4.69) is 6.92 Å². The van der Waals surface area contributed by atoms with E-state index in [0.717, 1.165) is 17.0 Å². The third-order valence-corrected chi connectivity index (χ3v) is 6.19. The molecule has 0 aromatic heterocycles. The smallest absolute Gasteiger partial charge is 0.338 e. The fourth-order valence-corrected chi connectivity index (χ4v) is 4.70. The highest BCUT2D eigenvalue weighted by Crippen LogP contribution is 2.38. The molecule has 0 saturated heterocycles. The number of nitrogens with zero attached hydrogens (tertiary/aromatic N) is 1. The minimum Gasteiger partial charge on any atom is -0.481 e. The molecule has 1 aliphatic rings. The lowest BCUT2D eigenvalue weighted by Gasteiger charge is -2.23. The monoisotopic (exact) mass is 453 g/mol. The Morgan fingerprint density at radius 2 is 1.90 bits per heavy atom. The Bertz CT molecular complexity index is 898. The molecular weight excluding hydrogens is 433 g/mol. The van der Waals surface area contributed by atoms with Gasteiger partial charge in [0.25, 0.3) is 5.91 Å². The minimum atomic E-state index is -0.522. The van der Waals surface area contributed by atoms with E-state index in [1.165, 1.54) is 12.1 Å². The van der Waals surface area contributed by atoms with Gasteiger partial charge in [0.1, 0.15) is 0 Å². The van der Waals surface area contributed by atoms with Gasteiger partial charge < -0.3 is 14.4 Å². The minimum absolute atomic E-state index is 0.147. The van der Waals surface area contributed by atoms with Crippen molar-refractivity contribution in [2.24, 2.45) is 0 Å². The summed E-state index contributed by atoms with van der Waals surface area (Å²) in [6.45, 7) is 4.50. The molecule has 0 fully saturated rings. The van der Waals surface area contributed by atoms with Gasteiger partial charge in [0.15, 0.2) is 12.4 Å². The molecule has 8 heteroatoms. The summed E-state index contributed by atoms with van der Waals surface area (Å²) >= 11 is 14.2. The number of carbonyl (C=O) groups is 2. The third-order valence-electron chi connectivity index (χ3n) is 4.39. The lowest BCUT2D eigenvalue weighted by atomic mass is 10.2. The van der Waals surface area contributed by atoms with Crippen LogP contribution >= 0.6 is 35.0 Å². The van der Waals surface area contributed by atoms with Crippen molar-refractivity contribution in [1.29, 1.82) is 0 Å². The zero-order valence-electron chi connectivity index (χ0n) is 16.1. The van der Waals surface area contributed by atoms with Crippen molar-refractivity contribution < 1.29 is 19.1 Å². The Morgan fingerprint density at radius 1 is 1.21 bits per heavy atom. The van der Waals surface area contributed by atoms with Crippen LogP contribution in [0.4, 0.5) is 5.69 Å². The van der Waals surface area contributed by atoms with Crippen LogP contribution in [0.1, 0.15) is 30.6 Å². The number of fused-ring (bicyclic) bond motifs is 1. The summed E-state index contributed by atoms with van der Waals surface area (Å²) in [7, 11) is 0. The van der Waals surface area contributed by atoms with Crippen LogP contribution in [0.25, 0.3) is 0 Å². The average Bonchev–Trinajstić information content (AvgIpc) is 2.85. The predicted molar refractivity (Wildman–Crippen MR) is 117 cm³/mol. The van der Waals surface area contributed by atoms with Gasteiger partial charge in [0.2, 0.25) is 0 Å². The van der Waals surface area contributed by atoms with Crippen molar-refractivity contribution >= 4 is 52.5 Å². The van der Waals surface area contributed by atoms with E-state index in [-0.39, 0.29) is 40.5 Å². The number of carbonyl (C=O) groups excluding carboxylic acids is 2. The number of para-hydroxylation sites is 1. The van der Waals surface area contributed by atoms with Gasteiger partial charge >= 0.3 is 5.97 Å². The molecule has 1 amide bonds. The van der Waals surface area contributed by atoms with E-state index < -0.39 is 5.97 Å². The molecular formula is C21H21Cl2NO4S. The maximum absolute atomic E-state index is 12.9. The van der Waals surface area contributed by atoms with E-state index in [1.54, 1.807) is 23.6 Å². The summed E-state index contributed by atoms with van der Waals surface area (Å²) in [5, 5.41) is 0.705. The van der Waals surface area contributed by atoms with E-state index in [4.69, 9.17) is 32.7 Å². The molecule has 3 rings (SSSR count). The number of thioether (sulfide) groups is 1. The molecule has 2 aromatic carbocycles. The van der Waals surface area contributed by atoms with Gasteiger partial charge in [-0.3, -0.25) is 4.79 Å². The van der Waals surface area contributed by atoms with Crippen molar-refractivity contribution in [2.75, 3.05) is 24.7 Å². The van der Waals surface area contributed by atoms with Crippen LogP contribution in [-0.2, 0) is 9.53 Å². The number of anilines is 1. The van der Waals surface area contributed by atoms with Gasteiger partial charge in [-0.15, -0.1) is 11.8 Å². The summed E-state index contributed by atoms with van der Waals surface area (Å²) in [6.07, 6.45) is 0.876. The molecule has 1 heterocycles. The first-order valence-electron chi connectivity index (χ1n) is 9.25. The normalized spacial score (nSPS) is 16.0. The Labute approximate surface area is 184 Å². The van der Waals surface area contributed by atoms with Crippen LogP contribution in [-0.4, -0.2) is 36.9 Å². The van der Waals surface area contributed by atoms with Crippen molar-refractivity contribution in [3.05, 3.63) is 52.0 Å². The number of amides is 1. The maximum Gasteiger partial charge on any atom is 0.338 e. The van der Waals surface area contributed by atoms with Gasteiger partial charge in [-0.2, -0.15) is 0 Å². The fourth-order valence-electron chi connectivity index (χ4n) is 2.99. The number of rotatable bonds is 5. The van der Waals surface area contributed by atoms with Crippen molar-refractivity contribution in [1.82, 2.24) is 0 Å². The van der Waals surface area contributed by atoms with Crippen LogP contribution < -0.4 is 9.64 Å². The molecule has 5 nitrogen and oxygen atoms in total. The average molecular weight is 454 g/mol. The topological polar surface area (TPSA) is 55.8 Å². The fraction of sp³-hybridized carbons (Fsp3) is 0.333. The zero-order valence-corrected chi connectivity index (χ0v) is 18.4. The van der Waals surface area contributed by atoms with Crippen LogP contribution in [0.2, 0.25) is 10.0 Å². The molecule has 0 spiro atoms. The quantitative estimate of drug-likeness (QED) is 0.561. The second-order valence-corrected chi connectivity index (χ2v) is 8.80. The molecule has 29 heavy (non-hydrogen) atoms. The Kier molecular flexibility index (Phi) is 7.33. The molecule has 0 bridgehead atoms. The first-order chi connectivity index (χ1) is 13.9. The second-order valence-electron chi connectivity index (χ2n) is 6.51. The van der Waals surface area contributed by atoms with Gasteiger partial charge in [0, 0.05) is 16.7 Å². The van der Waals surface area contributed by atoms with Crippen LogP contribution in [0.5, 0.6) is 5.75 Å². The highest BCUT2D eigenvalue weighted by Gasteiger charge is 2.25. The third kappa shape index (κ3) is 5.18. The van der Waals surface area contributed by atoms with E-state index in [0.29, 0.717) is 11.8 Å². The van der Waals surface area contributed by atoms with Crippen molar-refractivity contribution in [3.63, 3.8) is 0 Å². The number of benzene rings is 2. The van der Waals surface area contributed by atoms with Gasteiger partial charge in [-0.25, -0.2) is 4.79 Å². The van der Waals surface area contributed by atoms with Gasteiger partial charge in [-0.05, 0) is 37.6 Å². The van der Waals surface area contributed by atoms with Crippen molar-refractivity contribution in [3.8, 4) is 5.75 Å². The summed E-state index contributed by atoms with van der Waals surface area (Å²) in [4.78, 5) is 27.6. The zero-order chi connectivity index (χ0) is 21.0. The van der Waals surface area contributed by atoms with Gasteiger partial charge in [0.05, 0.1) is 27.9 Å². The van der Waals surface area contributed by atoms with E-state index in [9.17, 15) is 9.59 Å². The number of halogens is 2. The van der Waals surface area contributed by atoms with Crippen molar-refractivity contribution in [2.45, 2.75) is 30.4 Å². The van der Waals surface area contributed by atoms with Crippen LogP contribution in [0.3, 0.4) is 0 Å². The van der Waals surface area contributed by atoms with E-state index >= 15 is 0 Å². The van der Waals surface area contributed by atoms with Crippen LogP contribution in [0.15, 0.2) is 41.3 Å². The first-order valence-corrected chi connectivity index (χ1v) is 10.9.